The van der Waals surface area contributed by atoms with Crippen LogP contribution in [0.2, 0.25) is 0 Å². The van der Waals surface area contributed by atoms with E-state index in [0.717, 1.165) is 5.33 Å². The van der Waals surface area contributed by atoms with Crippen LogP contribution in [0.3, 0.4) is 0 Å². The van der Waals surface area contributed by atoms with Gasteiger partial charge in [-0.25, -0.2) is 4.98 Å². The monoisotopic (exact) mass is 273 g/mol. The van der Waals surface area contributed by atoms with E-state index in [4.69, 9.17) is 0 Å². The largest absolute Gasteiger partial charge is 0.348 e. The number of rotatable bonds is 4. The van der Waals surface area contributed by atoms with E-state index >= 15 is 0 Å². The topological polar surface area (TPSA) is 46.9 Å². The third kappa shape index (κ3) is 3.06. The first-order valence-electron chi connectivity index (χ1n) is 4.89. The number of carbonyl (C=O) groups excluding carboxylic acids is 1. The highest BCUT2D eigenvalue weighted by molar-refractivity contribution is 9.09. The van der Waals surface area contributed by atoms with Crippen LogP contribution < -0.4 is 5.32 Å². The predicted molar refractivity (Wildman–Crippen MR) is 63.1 cm³/mol. The van der Waals surface area contributed by atoms with E-state index in [1.807, 2.05) is 6.92 Å². The normalized spacial score (nSPS) is 14.7. The molecule has 0 aliphatic carbocycles. The number of nitrogens with one attached hydrogen (secondary N) is 1. The Hall–Kier alpha value is -0.840. The van der Waals surface area contributed by atoms with E-state index in [9.17, 15) is 4.79 Å². The number of carbonyl (C=O) groups is 1. The van der Waals surface area contributed by atoms with Gasteiger partial charge in [-0.1, -0.05) is 22.9 Å². The Labute approximate surface area is 98.2 Å². The van der Waals surface area contributed by atoms with E-state index in [1.54, 1.807) is 24.1 Å². The number of amides is 1. The molecular formula is C10H16BrN3O. The first-order valence-corrected chi connectivity index (χ1v) is 6.01. The summed E-state index contributed by atoms with van der Waals surface area (Å²) in [7, 11) is 1.81. The van der Waals surface area contributed by atoms with Gasteiger partial charge in [0.2, 0.25) is 0 Å². The average molecular weight is 274 g/mol. The highest BCUT2D eigenvalue weighted by Gasteiger charge is 2.16. The molecule has 0 saturated carbocycles. The van der Waals surface area contributed by atoms with Gasteiger partial charge in [-0.3, -0.25) is 4.79 Å². The van der Waals surface area contributed by atoms with Gasteiger partial charge >= 0.3 is 0 Å². The molecule has 0 saturated heterocycles. The molecule has 0 aliphatic heterocycles. The van der Waals surface area contributed by atoms with Crippen LogP contribution in [0, 0.1) is 5.92 Å². The molecule has 2 atom stereocenters. The van der Waals surface area contributed by atoms with Crippen LogP contribution >= 0.6 is 15.9 Å². The van der Waals surface area contributed by atoms with Gasteiger partial charge in [-0.15, -0.1) is 0 Å². The Morgan fingerprint density at radius 3 is 2.80 bits per heavy atom. The lowest BCUT2D eigenvalue weighted by Gasteiger charge is -2.19. The van der Waals surface area contributed by atoms with Crippen LogP contribution in [0.25, 0.3) is 0 Å². The Morgan fingerprint density at radius 2 is 2.33 bits per heavy atom. The number of aromatic nitrogens is 2. The fraction of sp³-hybridized carbons (Fsp3) is 0.600. The summed E-state index contributed by atoms with van der Waals surface area (Å²) in [4.78, 5) is 15.7. The molecule has 0 fully saturated rings. The van der Waals surface area contributed by atoms with Gasteiger partial charge in [-0.2, -0.15) is 0 Å². The fourth-order valence-corrected chi connectivity index (χ4v) is 1.69. The zero-order valence-electron chi connectivity index (χ0n) is 9.20. The van der Waals surface area contributed by atoms with E-state index in [-0.39, 0.29) is 11.9 Å². The Bertz CT molecular complexity index is 337. The zero-order valence-corrected chi connectivity index (χ0v) is 10.8. The molecule has 0 spiro atoms. The minimum absolute atomic E-state index is 0.0738. The van der Waals surface area contributed by atoms with Crippen LogP contribution in [0.15, 0.2) is 12.5 Å². The summed E-state index contributed by atoms with van der Waals surface area (Å²) < 4.78 is 1.71. The molecule has 0 radical (unpaired) electrons. The van der Waals surface area contributed by atoms with Crippen molar-refractivity contribution in [3.8, 4) is 0 Å². The lowest BCUT2D eigenvalue weighted by Crippen LogP contribution is -2.38. The third-order valence-electron chi connectivity index (χ3n) is 2.51. The second kappa shape index (κ2) is 5.30. The van der Waals surface area contributed by atoms with Crippen LogP contribution in [0.1, 0.15) is 24.3 Å². The molecule has 4 nitrogen and oxygen atoms in total. The van der Waals surface area contributed by atoms with Gasteiger partial charge in [0.15, 0.2) is 0 Å². The van der Waals surface area contributed by atoms with E-state index < -0.39 is 0 Å². The van der Waals surface area contributed by atoms with Gasteiger partial charge in [0, 0.05) is 18.4 Å². The number of imidazole rings is 1. The van der Waals surface area contributed by atoms with Crippen molar-refractivity contribution in [1.29, 1.82) is 0 Å². The van der Waals surface area contributed by atoms with Crippen LogP contribution in [-0.2, 0) is 7.05 Å². The maximum Gasteiger partial charge on any atom is 0.269 e. The summed E-state index contributed by atoms with van der Waals surface area (Å²) in [6.07, 6.45) is 3.19. The smallest absolute Gasteiger partial charge is 0.269 e. The van der Waals surface area contributed by atoms with Crippen LogP contribution in [0.4, 0.5) is 0 Å². The minimum Gasteiger partial charge on any atom is -0.348 e. The van der Waals surface area contributed by atoms with Gasteiger partial charge < -0.3 is 9.88 Å². The maximum atomic E-state index is 11.8. The molecule has 1 aromatic rings. The molecule has 0 aromatic carbocycles. The average Bonchev–Trinajstić information content (AvgIpc) is 2.63. The molecule has 1 amide bonds. The van der Waals surface area contributed by atoms with Crippen LogP contribution in [-0.4, -0.2) is 26.8 Å². The highest BCUT2D eigenvalue weighted by Crippen LogP contribution is 2.07. The molecule has 5 heteroatoms. The van der Waals surface area contributed by atoms with E-state index in [2.05, 4.69) is 33.2 Å². The van der Waals surface area contributed by atoms with Crippen molar-refractivity contribution in [2.45, 2.75) is 19.9 Å². The van der Waals surface area contributed by atoms with Crippen LogP contribution in [0.5, 0.6) is 0 Å². The Kier molecular flexibility index (Phi) is 4.32. The zero-order chi connectivity index (χ0) is 11.4. The lowest BCUT2D eigenvalue weighted by molar-refractivity contribution is 0.0923. The molecule has 0 bridgehead atoms. The SMILES string of the molecule is CC(CBr)C(C)NC(=O)c1cncn1C. The Balaban J connectivity index is 2.60. The summed E-state index contributed by atoms with van der Waals surface area (Å²) in [6.45, 7) is 4.09. The third-order valence-corrected chi connectivity index (χ3v) is 3.53. The second-order valence-corrected chi connectivity index (χ2v) is 4.43. The molecule has 0 aliphatic rings. The Morgan fingerprint density at radius 1 is 1.67 bits per heavy atom. The standard InChI is InChI=1S/C10H16BrN3O/c1-7(4-11)8(2)13-10(15)9-5-12-6-14(9)3/h5-8H,4H2,1-3H3,(H,13,15). The molecule has 1 N–H and O–H groups in total. The maximum absolute atomic E-state index is 11.8. The van der Waals surface area contributed by atoms with Crippen molar-refractivity contribution in [2.75, 3.05) is 5.33 Å². The van der Waals surface area contributed by atoms with Crippen molar-refractivity contribution in [3.05, 3.63) is 18.2 Å². The van der Waals surface area contributed by atoms with E-state index in [0.29, 0.717) is 11.6 Å². The number of hydrogen-bond acceptors (Lipinski definition) is 2. The number of nitrogens with zero attached hydrogens (tertiary/aromatic N) is 2. The van der Waals surface area contributed by atoms with Crippen molar-refractivity contribution < 1.29 is 4.79 Å². The second-order valence-electron chi connectivity index (χ2n) is 3.78. The quantitative estimate of drug-likeness (QED) is 0.847. The van der Waals surface area contributed by atoms with Gasteiger partial charge in [0.1, 0.15) is 5.69 Å². The minimum atomic E-state index is -0.0738. The van der Waals surface area contributed by atoms with Crippen molar-refractivity contribution in [1.82, 2.24) is 14.9 Å². The van der Waals surface area contributed by atoms with Gasteiger partial charge in [0.05, 0.1) is 12.5 Å². The molecule has 1 rings (SSSR count). The first kappa shape index (κ1) is 12.2. The number of alkyl halides is 1. The number of halogens is 1. The predicted octanol–water partition coefficient (Wildman–Crippen LogP) is 1.57. The molecule has 15 heavy (non-hydrogen) atoms. The molecule has 1 heterocycles. The van der Waals surface area contributed by atoms with E-state index in [1.165, 1.54) is 0 Å². The summed E-state index contributed by atoms with van der Waals surface area (Å²) >= 11 is 3.40. The van der Waals surface area contributed by atoms with Gasteiger partial charge in [-0.05, 0) is 12.8 Å². The highest BCUT2D eigenvalue weighted by atomic mass is 79.9. The summed E-state index contributed by atoms with van der Waals surface area (Å²) in [5.74, 6) is 0.331. The van der Waals surface area contributed by atoms with Gasteiger partial charge in [0.25, 0.3) is 5.91 Å². The number of hydrogen-bond donors (Lipinski definition) is 1. The summed E-state index contributed by atoms with van der Waals surface area (Å²) in [5, 5.41) is 3.82. The molecular weight excluding hydrogens is 258 g/mol. The van der Waals surface area contributed by atoms with Crippen molar-refractivity contribution in [3.63, 3.8) is 0 Å². The fourth-order valence-electron chi connectivity index (χ4n) is 1.13. The lowest BCUT2D eigenvalue weighted by atomic mass is 10.1. The number of aryl methyl sites for hydroxylation is 1. The molecule has 84 valence electrons. The first-order chi connectivity index (χ1) is 7.06. The van der Waals surface area contributed by atoms with Crippen molar-refractivity contribution in [2.24, 2.45) is 13.0 Å². The molecule has 2 unspecified atom stereocenters. The van der Waals surface area contributed by atoms with Crippen molar-refractivity contribution >= 4 is 21.8 Å². The summed E-state index contributed by atoms with van der Waals surface area (Å²) in [5.41, 5.74) is 0.587. The summed E-state index contributed by atoms with van der Waals surface area (Å²) in [6, 6.07) is 0.145. The molecule has 1 aromatic heterocycles.